The molecule has 13 nitrogen and oxygen atoms in total. The second kappa shape index (κ2) is 11.9. The SMILES string of the molecule is COc1ccc(OC)c(S(=O)(=O)Nc2ccc(N([C@@H]3CS(=O)(=O)C[C@@H]3O)S(=O)(=O)c3cc(OC)ccc3OC)cc2)c1. The van der Waals surface area contributed by atoms with Crippen LogP contribution in [0.3, 0.4) is 0 Å². The van der Waals surface area contributed by atoms with Crippen molar-refractivity contribution in [3.05, 3.63) is 60.7 Å². The van der Waals surface area contributed by atoms with Gasteiger partial charge in [-0.1, -0.05) is 0 Å². The molecule has 3 aromatic rings. The predicted molar refractivity (Wildman–Crippen MR) is 154 cm³/mol. The third kappa shape index (κ3) is 6.21. The van der Waals surface area contributed by atoms with E-state index in [4.69, 9.17) is 18.9 Å². The number of aliphatic hydroxyl groups is 1. The van der Waals surface area contributed by atoms with Crippen molar-refractivity contribution in [1.82, 2.24) is 0 Å². The zero-order valence-electron chi connectivity index (χ0n) is 23.0. The summed E-state index contributed by atoms with van der Waals surface area (Å²) in [4.78, 5) is -0.516. The van der Waals surface area contributed by atoms with E-state index in [1.165, 1.54) is 89.1 Å². The van der Waals surface area contributed by atoms with Crippen molar-refractivity contribution in [2.45, 2.75) is 21.9 Å². The van der Waals surface area contributed by atoms with Gasteiger partial charge in [0.15, 0.2) is 9.84 Å². The summed E-state index contributed by atoms with van der Waals surface area (Å²) in [5.74, 6) is -0.742. The zero-order valence-corrected chi connectivity index (χ0v) is 25.5. The molecular weight excluding hydrogens is 612 g/mol. The number of methoxy groups -OCH3 is 4. The van der Waals surface area contributed by atoms with Gasteiger partial charge in [0.05, 0.1) is 57.8 Å². The first-order valence-corrected chi connectivity index (χ1v) is 17.0. The maximum atomic E-state index is 14.1. The molecule has 1 aliphatic rings. The summed E-state index contributed by atoms with van der Waals surface area (Å²) in [5, 5.41) is 10.7. The van der Waals surface area contributed by atoms with Crippen LogP contribution in [0.4, 0.5) is 11.4 Å². The summed E-state index contributed by atoms with van der Waals surface area (Å²) >= 11 is 0. The van der Waals surface area contributed by atoms with Gasteiger partial charge in [0, 0.05) is 17.8 Å². The fourth-order valence-corrected chi connectivity index (χ4v) is 9.48. The summed E-state index contributed by atoms with van der Waals surface area (Å²) in [6.07, 6.45) is -1.53. The Morgan fingerprint density at radius 3 is 1.76 bits per heavy atom. The number of ether oxygens (including phenoxy) is 4. The van der Waals surface area contributed by atoms with Crippen molar-refractivity contribution < 1.29 is 49.3 Å². The highest BCUT2D eigenvalue weighted by Crippen LogP contribution is 2.37. The lowest BCUT2D eigenvalue weighted by Crippen LogP contribution is -2.47. The maximum absolute atomic E-state index is 14.1. The maximum Gasteiger partial charge on any atom is 0.268 e. The second-order valence-corrected chi connectivity index (χ2v) is 14.8. The first-order valence-electron chi connectivity index (χ1n) is 12.3. The Morgan fingerprint density at radius 1 is 0.762 bits per heavy atom. The summed E-state index contributed by atoms with van der Waals surface area (Å²) in [5.41, 5.74) is 0.0439. The molecule has 42 heavy (non-hydrogen) atoms. The Bertz CT molecular complexity index is 1780. The molecule has 1 heterocycles. The van der Waals surface area contributed by atoms with Gasteiger partial charge in [0.2, 0.25) is 0 Å². The van der Waals surface area contributed by atoms with E-state index >= 15 is 0 Å². The number of benzene rings is 3. The highest BCUT2D eigenvalue weighted by molar-refractivity contribution is 7.93. The van der Waals surface area contributed by atoms with Gasteiger partial charge in [-0.15, -0.1) is 0 Å². The number of hydrogen-bond donors (Lipinski definition) is 2. The molecule has 0 radical (unpaired) electrons. The number of sulfonamides is 2. The van der Waals surface area contributed by atoms with Gasteiger partial charge < -0.3 is 24.1 Å². The number of nitrogens with one attached hydrogen (secondary N) is 1. The molecule has 16 heteroatoms. The van der Waals surface area contributed by atoms with Gasteiger partial charge in [0.25, 0.3) is 20.0 Å². The van der Waals surface area contributed by atoms with Crippen LogP contribution >= 0.6 is 0 Å². The van der Waals surface area contributed by atoms with Crippen molar-refractivity contribution >= 4 is 41.3 Å². The average Bonchev–Trinajstić information content (AvgIpc) is 3.23. The van der Waals surface area contributed by atoms with Crippen LogP contribution in [0.2, 0.25) is 0 Å². The number of aliphatic hydroxyl groups excluding tert-OH is 1. The Balaban J connectivity index is 1.77. The molecule has 2 atom stereocenters. The van der Waals surface area contributed by atoms with E-state index in [2.05, 4.69) is 4.72 Å². The van der Waals surface area contributed by atoms with Gasteiger partial charge in [0.1, 0.15) is 32.8 Å². The van der Waals surface area contributed by atoms with Gasteiger partial charge in [-0.05, 0) is 48.5 Å². The number of hydrogen-bond acceptors (Lipinski definition) is 11. The van der Waals surface area contributed by atoms with Gasteiger partial charge in [-0.2, -0.15) is 0 Å². The number of rotatable bonds is 11. The molecule has 0 bridgehead atoms. The normalized spacial score (nSPS) is 18.2. The van der Waals surface area contributed by atoms with Crippen molar-refractivity contribution in [1.29, 1.82) is 0 Å². The molecule has 2 N–H and O–H groups in total. The number of sulfone groups is 1. The second-order valence-electron chi connectivity index (χ2n) is 9.20. The van der Waals surface area contributed by atoms with E-state index < -0.39 is 53.5 Å². The van der Waals surface area contributed by atoms with Crippen LogP contribution < -0.4 is 28.0 Å². The van der Waals surface area contributed by atoms with Crippen LogP contribution in [0.25, 0.3) is 0 Å². The molecule has 1 fully saturated rings. The zero-order chi connectivity index (χ0) is 30.9. The summed E-state index contributed by atoms with van der Waals surface area (Å²) in [6.45, 7) is 0. The van der Waals surface area contributed by atoms with Crippen molar-refractivity contribution in [2.75, 3.05) is 49.0 Å². The molecule has 4 rings (SSSR count). The van der Waals surface area contributed by atoms with Crippen LogP contribution in [-0.2, 0) is 29.9 Å². The van der Waals surface area contributed by atoms with Crippen LogP contribution in [0.15, 0.2) is 70.5 Å². The third-order valence-corrected chi connectivity index (χ3v) is 11.5. The molecular formula is C26H30N2O11S3. The van der Waals surface area contributed by atoms with E-state index in [9.17, 15) is 30.4 Å². The minimum absolute atomic E-state index is 0.0251. The lowest BCUT2D eigenvalue weighted by Gasteiger charge is -2.32. The van der Waals surface area contributed by atoms with Crippen molar-refractivity contribution in [2.24, 2.45) is 0 Å². The first-order chi connectivity index (χ1) is 19.8. The van der Waals surface area contributed by atoms with Crippen LogP contribution in [0, 0.1) is 0 Å². The highest BCUT2D eigenvalue weighted by Gasteiger charge is 2.45. The smallest absolute Gasteiger partial charge is 0.268 e. The quantitative estimate of drug-likeness (QED) is 0.312. The largest absolute Gasteiger partial charge is 0.497 e. The van der Waals surface area contributed by atoms with Crippen LogP contribution in [0.5, 0.6) is 23.0 Å². The molecule has 228 valence electrons. The standard InChI is InChI=1S/C26H30N2O11S3/c1-36-19-9-11-23(38-3)25(13-19)41(32,33)27-17-5-7-18(8-6-17)28(21-15-40(30,31)16-22(21)29)42(34,35)26-14-20(37-2)10-12-24(26)39-4/h5-14,21-22,27,29H,15-16H2,1-4H3/t21-,22+/m1/s1. The summed E-state index contributed by atoms with van der Waals surface area (Å²) < 4.78 is 103. The lowest BCUT2D eigenvalue weighted by molar-refractivity contribution is 0.184. The molecule has 0 spiro atoms. The fourth-order valence-electron chi connectivity index (χ4n) is 4.52. The van der Waals surface area contributed by atoms with Gasteiger partial charge >= 0.3 is 0 Å². The monoisotopic (exact) mass is 642 g/mol. The minimum atomic E-state index is -4.57. The van der Waals surface area contributed by atoms with Crippen LogP contribution in [0.1, 0.15) is 0 Å². The Hall–Kier alpha value is -3.73. The topological polar surface area (TPSA) is 175 Å². The van der Waals surface area contributed by atoms with E-state index in [1.807, 2.05) is 0 Å². The Kier molecular flexibility index (Phi) is 8.82. The molecule has 0 amide bonds. The lowest BCUT2D eigenvalue weighted by atomic mass is 10.2. The number of nitrogens with zero attached hydrogens (tertiary/aromatic N) is 1. The highest BCUT2D eigenvalue weighted by atomic mass is 32.2. The Morgan fingerprint density at radius 2 is 1.29 bits per heavy atom. The first kappa shape index (κ1) is 31.2. The fraction of sp³-hybridized carbons (Fsp3) is 0.308. The molecule has 3 aromatic carbocycles. The minimum Gasteiger partial charge on any atom is -0.497 e. The van der Waals surface area contributed by atoms with E-state index in [0.29, 0.717) is 0 Å². The average molecular weight is 643 g/mol. The predicted octanol–water partition coefficient (Wildman–Crippen LogP) is 1.87. The molecule has 0 aliphatic carbocycles. The van der Waals surface area contributed by atoms with E-state index in [0.717, 1.165) is 4.31 Å². The van der Waals surface area contributed by atoms with Gasteiger partial charge in [-0.25, -0.2) is 25.3 Å². The molecule has 0 saturated carbocycles. The Labute approximate surface area is 244 Å². The summed E-state index contributed by atoms with van der Waals surface area (Å²) in [6, 6.07) is 12.2. The van der Waals surface area contributed by atoms with Crippen molar-refractivity contribution in [3.63, 3.8) is 0 Å². The van der Waals surface area contributed by atoms with Crippen molar-refractivity contribution in [3.8, 4) is 23.0 Å². The van der Waals surface area contributed by atoms with Gasteiger partial charge in [-0.3, -0.25) is 9.03 Å². The molecule has 1 aliphatic heterocycles. The molecule has 0 aromatic heterocycles. The molecule has 1 saturated heterocycles. The number of anilines is 2. The van der Waals surface area contributed by atoms with Crippen LogP contribution in [-0.4, -0.2) is 82.5 Å². The molecule has 0 unspecified atom stereocenters. The third-order valence-electron chi connectivity index (χ3n) is 6.54. The summed E-state index contributed by atoms with van der Waals surface area (Å²) in [7, 11) is -7.19. The van der Waals surface area contributed by atoms with E-state index in [1.54, 1.807) is 0 Å². The van der Waals surface area contributed by atoms with E-state index in [-0.39, 0.29) is 44.2 Å².